The van der Waals surface area contributed by atoms with E-state index in [1.807, 2.05) is 30.3 Å². The lowest BCUT2D eigenvalue weighted by Gasteiger charge is -2.14. The van der Waals surface area contributed by atoms with Gasteiger partial charge in [-0.3, -0.25) is 9.59 Å². The van der Waals surface area contributed by atoms with Crippen LogP contribution in [-0.4, -0.2) is 33.7 Å². The second kappa shape index (κ2) is 11.5. The number of rotatable bonds is 10. The van der Waals surface area contributed by atoms with Gasteiger partial charge >= 0.3 is 0 Å². The quantitative estimate of drug-likeness (QED) is 0.141. The highest BCUT2D eigenvalue weighted by molar-refractivity contribution is 6.15. The number of fused-ring (bicyclic) bond motifs is 1. The van der Waals surface area contributed by atoms with Crippen LogP contribution in [0.15, 0.2) is 82.5 Å². The van der Waals surface area contributed by atoms with E-state index >= 15 is 0 Å². The van der Waals surface area contributed by atoms with Crippen LogP contribution >= 0.6 is 0 Å². The average molecular weight is 513 g/mol. The fraction of sp³-hybridized carbons (Fsp3) is 0.161. The molecule has 0 aliphatic rings. The molecule has 0 bridgehead atoms. The molecule has 38 heavy (non-hydrogen) atoms. The number of methoxy groups -OCH3 is 3. The van der Waals surface area contributed by atoms with Crippen LogP contribution in [0.2, 0.25) is 0 Å². The number of hydrogen-bond donors (Lipinski definition) is 0. The van der Waals surface area contributed by atoms with Gasteiger partial charge in [-0.2, -0.15) is 0 Å². The van der Waals surface area contributed by atoms with Gasteiger partial charge in [0, 0.05) is 11.1 Å². The summed E-state index contributed by atoms with van der Waals surface area (Å²) >= 11 is 0. The van der Waals surface area contributed by atoms with E-state index in [0.717, 1.165) is 5.56 Å². The maximum atomic E-state index is 13.7. The highest BCUT2D eigenvalue weighted by Gasteiger charge is 2.22. The molecule has 0 N–H and O–H groups in total. The molecule has 0 unspecified atom stereocenters. The number of benzene rings is 3. The van der Waals surface area contributed by atoms with E-state index in [0.29, 0.717) is 34.1 Å². The first-order valence-electron chi connectivity index (χ1n) is 11.8. The normalized spacial score (nSPS) is 10.9. The lowest BCUT2D eigenvalue weighted by Crippen LogP contribution is -2.11. The zero-order chi connectivity index (χ0) is 27.2. The molecule has 3 aromatic carbocycles. The van der Waals surface area contributed by atoms with Gasteiger partial charge in [0.2, 0.25) is 5.75 Å². The first kappa shape index (κ1) is 26.3. The molecule has 0 saturated heterocycles. The molecule has 0 aliphatic carbocycles. The van der Waals surface area contributed by atoms with Gasteiger partial charge in [0.05, 0.1) is 26.7 Å². The molecule has 0 aliphatic heterocycles. The zero-order valence-electron chi connectivity index (χ0n) is 21.7. The van der Waals surface area contributed by atoms with E-state index in [9.17, 15) is 9.59 Å². The highest BCUT2D eigenvalue weighted by atomic mass is 16.5. The Morgan fingerprint density at radius 2 is 1.63 bits per heavy atom. The Morgan fingerprint density at radius 3 is 2.24 bits per heavy atom. The molecule has 0 saturated carbocycles. The van der Waals surface area contributed by atoms with Crippen LogP contribution in [0.25, 0.3) is 28.4 Å². The number of ether oxygens (including phenoxy) is 4. The Bertz CT molecular complexity index is 1550. The predicted octanol–water partition coefficient (Wildman–Crippen LogP) is 6.26. The number of ketones is 1. The van der Waals surface area contributed by atoms with Gasteiger partial charge in [-0.1, -0.05) is 49.1 Å². The van der Waals surface area contributed by atoms with E-state index in [4.69, 9.17) is 23.4 Å². The fourth-order valence-electron chi connectivity index (χ4n) is 4.15. The van der Waals surface area contributed by atoms with Crippen molar-refractivity contribution in [1.82, 2.24) is 0 Å². The smallest absolute Gasteiger partial charge is 0.203 e. The third kappa shape index (κ3) is 5.04. The summed E-state index contributed by atoms with van der Waals surface area (Å²) in [6.45, 7) is 5.56. The standard InChI is InChI=1S/C31H28O7/c1-6-16-37-24-15-13-22-28(33)19(2)29(21-10-8-7-9-11-21)38-30(22)27(24)23(32)14-12-20-17-25(34-3)31(36-5)26(18-20)35-4/h6-15,17-18H,1,16H2,2-5H3/b14-12+. The molecular weight excluding hydrogens is 484 g/mol. The number of carbonyl (C=O) groups excluding carboxylic acids is 1. The van der Waals surface area contributed by atoms with Crippen LogP contribution in [0.3, 0.4) is 0 Å². The van der Waals surface area contributed by atoms with Crippen LogP contribution in [-0.2, 0) is 0 Å². The van der Waals surface area contributed by atoms with Crippen LogP contribution in [0.4, 0.5) is 0 Å². The molecule has 4 rings (SSSR count). The molecule has 1 heterocycles. The Hall–Kier alpha value is -4.78. The fourth-order valence-corrected chi connectivity index (χ4v) is 4.15. The monoisotopic (exact) mass is 512 g/mol. The molecule has 0 atom stereocenters. The molecule has 7 nitrogen and oxygen atoms in total. The second-order valence-corrected chi connectivity index (χ2v) is 8.32. The predicted molar refractivity (Wildman–Crippen MR) is 148 cm³/mol. The van der Waals surface area contributed by atoms with Crippen molar-refractivity contribution in [3.63, 3.8) is 0 Å². The number of hydrogen-bond acceptors (Lipinski definition) is 7. The third-order valence-electron chi connectivity index (χ3n) is 6.00. The maximum absolute atomic E-state index is 13.7. The van der Waals surface area contributed by atoms with Crippen LogP contribution in [0.5, 0.6) is 23.0 Å². The minimum Gasteiger partial charge on any atom is -0.493 e. The molecule has 194 valence electrons. The van der Waals surface area contributed by atoms with Gasteiger partial charge in [-0.15, -0.1) is 0 Å². The summed E-state index contributed by atoms with van der Waals surface area (Å²) in [5.41, 5.74) is 1.90. The average Bonchev–Trinajstić information content (AvgIpc) is 2.95. The summed E-state index contributed by atoms with van der Waals surface area (Å²) in [7, 11) is 4.55. The van der Waals surface area contributed by atoms with E-state index < -0.39 is 5.78 Å². The zero-order valence-corrected chi connectivity index (χ0v) is 21.7. The molecule has 1 aromatic heterocycles. The third-order valence-corrected chi connectivity index (χ3v) is 6.00. The SMILES string of the molecule is C=CCOc1ccc2c(=O)c(C)c(-c3ccccc3)oc2c1C(=O)/C=C/c1cc(OC)c(OC)c(OC)c1. The maximum Gasteiger partial charge on any atom is 0.203 e. The first-order valence-corrected chi connectivity index (χ1v) is 11.8. The second-order valence-electron chi connectivity index (χ2n) is 8.32. The molecule has 0 spiro atoms. The van der Waals surface area contributed by atoms with Crippen LogP contribution in [0, 0.1) is 6.92 Å². The molecule has 7 heteroatoms. The van der Waals surface area contributed by atoms with Gasteiger partial charge in [0.15, 0.2) is 28.3 Å². The van der Waals surface area contributed by atoms with Gasteiger partial charge in [0.25, 0.3) is 0 Å². The largest absolute Gasteiger partial charge is 0.493 e. The molecule has 0 radical (unpaired) electrons. The van der Waals surface area contributed by atoms with Crippen molar-refractivity contribution in [2.24, 2.45) is 0 Å². The van der Waals surface area contributed by atoms with Crippen molar-refractivity contribution in [2.75, 3.05) is 27.9 Å². The van der Waals surface area contributed by atoms with Crippen molar-refractivity contribution in [1.29, 1.82) is 0 Å². The topological polar surface area (TPSA) is 84.2 Å². The van der Waals surface area contributed by atoms with Gasteiger partial charge in [-0.05, 0) is 42.8 Å². The summed E-state index contributed by atoms with van der Waals surface area (Å²) in [6.07, 6.45) is 4.58. The van der Waals surface area contributed by atoms with E-state index in [-0.39, 0.29) is 34.3 Å². The summed E-state index contributed by atoms with van der Waals surface area (Å²) < 4.78 is 28.3. The lowest BCUT2D eigenvalue weighted by molar-refractivity contribution is 0.104. The summed E-state index contributed by atoms with van der Waals surface area (Å²) in [6, 6.07) is 15.9. The van der Waals surface area contributed by atoms with E-state index in [2.05, 4.69) is 6.58 Å². The van der Waals surface area contributed by atoms with Crippen molar-refractivity contribution in [2.45, 2.75) is 6.92 Å². The summed E-state index contributed by atoms with van der Waals surface area (Å²) in [5, 5.41) is 0.290. The lowest BCUT2D eigenvalue weighted by atomic mass is 10.0. The van der Waals surface area contributed by atoms with Gasteiger partial charge in [0.1, 0.15) is 23.7 Å². The molecule has 4 aromatic rings. The van der Waals surface area contributed by atoms with E-state index in [1.165, 1.54) is 27.4 Å². The van der Waals surface area contributed by atoms with E-state index in [1.54, 1.807) is 43.3 Å². The molecule has 0 amide bonds. The van der Waals surface area contributed by atoms with Crippen LogP contribution < -0.4 is 24.4 Å². The molecule has 0 fully saturated rings. The Balaban J connectivity index is 1.89. The van der Waals surface area contributed by atoms with Crippen molar-refractivity contribution in [3.8, 4) is 34.3 Å². The van der Waals surface area contributed by atoms with Crippen molar-refractivity contribution < 1.29 is 28.2 Å². The number of carbonyl (C=O) groups is 1. The van der Waals surface area contributed by atoms with Crippen LogP contribution in [0.1, 0.15) is 21.5 Å². The Morgan fingerprint density at radius 1 is 0.947 bits per heavy atom. The van der Waals surface area contributed by atoms with Crippen molar-refractivity contribution >= 4 is 22.8 Å². The minimum atomic E-state index is -0.408. The molecular formula is C31H28O7. The minimum absolute atomic E-state index is 0.141. The Labute approximate surface area is 220 Å². The number of allylic oxidation sites excluding steroid dienone is 1. The summed E-state index contributed by atoms with van der Waals surface area (Å²) in [4.78, 5) is 27.0. The first-order chi connectivity index (χ1) is 18.4. The van der Waals surface area contributed by atoms with Gasteiger partial charge < -0.3 is 23.4 Å². The van der Waals surface area contributed by atoms with Gasteiger partial charge in [-0.25, -0.2) is 0 Å². The Kier molecular flexibility index (Phi) is 7.97. The summed E-state index contributed by atoms with van der Waals surface area (Å²) in [5.74, 6) is 1.61. The van der Waals surface area contributed by atoms with Crippen molar-refractivity contribution in [3.05, 3.63) is 100 Å². The highest BCUT2D eigenvalue weighted by Crippen LogP contribution is 2.39.